The number of pyridine rings is 1. The molecule has 1 aromatic carbocycles. The molecule has 0 atom stereocenters. The Hall–Kier alpha value is -1.82. The van der Waals surface area contributed by atoms with E-state index >= 15 is 0 Å². The molecule has 0 aliphatic rings. The molecule has 0 unspecified atom stereocenters. The van der Waals surface area contributed by atoms with E-state index in [1.165, 1.54) is 5.56 Å². The molecule has 0 aliphatic carbocycles. The molecule has 8 heteroatoms. The lowest BCUT2D eigenvalue weighted by atomic mass is 10.1. The number of nitrogen functional groups attached to an aromatic ring is 1. The molecule has 0 saturated carbocycles. The number of amides is 1. The topological polar surface area (TPSA) is 80.4 Å². The standard InChI is InChI=1S/C16H15Cl3N4O/c1-9(7-8-10-5-3-2-4-6-10)22-23-16(24)14-11(17)13(20)12(18)15(19)21-14/h2-6H,7-8H2,1H3,(H2,20,21)(H,23,24)/b22-9-. The molecule has 1 heterocycles. The van der Waals surface area contributed by atoms with Crippen molar-refractivity contribution in [2.45, 2.75) is 19.8 Å². The molecule has 1 amide bonds. The minimum absolute atomic E-state index is 0.00765. The van der Waals surface area contributed by atoms with E-state index in [1.54, 1.807) is 0 Å². The molecule has 126 valence electrons. The van der Waals surface area contributed by atoms with Crippen molar-refractivity contribution in [1.82, 2.24) is 10.4 Å². The summed E-state index contributed by atoms with van der Waals surface area (Å²) >= 11 is 17.6. The van der Waals surface area contributed by atoms with Gasteiger partial charge in [-0.3, -0.25) is 4.79 Å². The third kappa shape index (κ3) is 4.60. The van der Waals surface area contributed by atoms with Crippen molar-refractivity contribution in [3.63, 3.8) is 0 Å². The van der Waals surface area contributed by atoms with Gasteiger partial charge in [-0.1, -0.05) is 65.1 Å². The van der Waals surface area contributed by atoms with E-state index in [2.05, 4.69) is 15.5 Å². The van der Waals surface area contributed by atoms with E-state index < -0.39 is 5.91 Å². The van der Waals surface area contributed by atoms with Crippen molar-refractivity contribution in [1.29, 1.82) is 0 Å². The predicted molar refractivity (Wildman–Crippen MR) is 99.0 cm³/mol. The molecule has 24 heavy (non-hydrogen) atoms. The van der Waals surface area contributed by atoms with Gasteiger partial charge in [0.15, 0.2) is 10.8 Å². The van der Waals surface area contributed by atoms with Crippen LogP contribution in [0.1, 0.15) is 29.4 Å². The number of carbonyl (C=O) groups is 1. The number of nitrogens with one attached hydrogen (secondary N) is 1. The van der Waals surface area contributed by atoms with Crippen LogP contribution < -0.4 is 11.2 Å². The maximum atomic E-state index is 12.1. The molecule has 0 fully saturated rings. The molecule has 3 N–H and O–H groups in total. The fraction of sp³-hybridized carbons (Fsp3) is 0.188. The van der Waals surface area contributed by atoms with Gasteiger partial charge < -0.3 is 5.73 Å². The average Bonchev–Trinajstić information content (AvgIpc) is 2.60. The smallest absolute Gasteiger partial charge is 0.291 e. The lowest BCUT2D eigenvalue weighted by Gasteiger charge is -2.08. The Morgan fingerprint density at radius 1 is 1.21 bits per heavy atom. The van der Waals surface area contributed by atoms with Gasteiger partial charge in [-0.15, -0.1) is 0 Å². The van der Waals surface area contributed by atoms with Crippen LogP contribution in [0.3, 0.4) is 0 Å². The molecule has 0 radical (unpaired) electrons. The van der Waals surface area contributed by atoms with E-state index in [9.17, 15) is 4.79 Å². The quantitative estimate of drug-likeness (QED) is 0.456. The second-order valence-corrected chi connectivity index (χ2v) is 6.18. The highest BCUT2D eigenvalue weighted by molar-refractivity contribution is 6.46. The first-order valence-corrected chi connectivity index (χ1v) is 8.21. The Balaban J connectivity index is 2.02. The zero-order chi connectivity index (χ0) is 17.7. The lowest BCUT2D eigenvalue weighted by Crippen LogP contribution is -2.21. The summed E-state index contributed by atoms with van der Waals surface area (Å²) in [6, 6.07) is 9.99. The Morgan fingerprint density at radius 3 is 2.54 bits per heavy atom. The monoisotopic (exact) mass is 384 g/mol. The highest BCUT2D eigenvalue weighted by atomic mass is 35.5. The zero-order valence-electron chi connectivity index (χ0n) is 12.8. The molecule has 0 aliphatic heterocycles. The van der Waals surface area contributed by atoms with Crippen LogP contribution in [0.25, 0.3) is 0 Å². The number of benzene rings is 1. The number of anilines is 1. The van der Waals surface area contributed by atoms with E-state index in [1.807, 2.05) is 37.3 Å². The highest BCUT2D eigenvalue weighted by Gasteiger charge is 2.19. The first-order chi connectivity index (χ1) is 11.4. The van der Waals surface area contributed by atoms with Gasteiger partial charge in [0.05, 0.1) is 10.7 Å². The summed E-state index contributed by atoms with van der Waals surface area (Å²) in [7, 11) is 0. The van der Waals surface area contributed by atoms with Crippen LogP contribution in [-0.2, 0) is 6.42 Å². The maximum Gasteiger partial charge on any atom is 0.291 e. The minimum atomic E-state index is -0.607. The van der Waals surface area contributed by atoms with Gasteiger partial charge in [0, 0.05) is 5.71 Å². The van der Waals surface area contributed by atoms with Crippen LogP contribution in [0, 0.1) is 0 Å². The Labute approximate surface area is 154 Å². The van der Waals surface area contributed by atoms with Gasteiger partial charge in [0.1, 0.15) is 5.02 Å². The summed E-state index contributed by atoms with van der Waals surface area (Å²) in [5.74, 6) is -0.607. The molecule has 0 bridgehead atoms. The van der Waals surface area contributed by atoms with Crippen LogP contribution >= 0.6 is 34.8 Å². The fourth-order valence-electron chi connectivity index (χ4n) is 1.91. The number of nitrogens with two attached hydrogens (primary N) is 1. The molecular weight excluding hydrogens is 371 g/mol. The third-order valence-corrected chi connectivity index (χ3v) is 4.39. The molecule has 2 rings (SSSR count). The van der Waals surface area contributed by atoms with Crippen molar-refractivity contribution in [3.8, 4) is 0 Å². The summed E-state index contributed by atoms with van der Waals surface area (Å²) in [5, 5.41) is 3.91. The second kappa shape index (κ2) is 8.33. The van der Waals surface area contributed by atoms with E-state index in [-0.39, 0.29) is 26.6 Å². The van der Waals surface area contributed by atoms with Crippen molar-refractivity contribution < 1.29 is 4.79 Å². The number of halogens is 3. The molecule has 0 saturated heterocycles. The maximum absolute atomic E-state index is 12.1. The van der Waals surface area contributed by atoms with Crippen LogP contribution in [0.4, 0.5) is 5.69 Å². The summed E-state index contributed by atoms with van der Waals surface area (Å²) in [5.41, 5.74) is 9.92. The van der Waals surface area contributed by atoms with Crippen molar-refractivity contribution in [2.75, 3.05) is 5.73 Å². The first kappa shape index (κ1) is 18.5. The number of hydrazone groups is 1. The number of aryl methyl sites for hydroxylation is 1. The number of rotatable bonds is 5. The second-order valence-electron chi connectivity index (χ2n) is 5.07. The van der Waals surface area contributed by atoms with E-state index in [4.69, 9.17) is 40.5 Å². The SMILES string of the molecule is C/C(CCc1ccccc1)=N/NC(=O)c1nc(Cl)c(Cl)c(N)c1Cl. The van der Waals surface area contributed by atoms with Gasteiger partial charge in [0.2, 0.25) is 0 Å². The predicted octanol–water partition coefficient (Wildman–Crippen LogP) is 4.36. The lowest BCUT2D eigenvalue weighted by molar-refractivity contribution is 0.0950. The minimum Gasteiger partial charge on any atom is -0.396 e. The van der Waals surface area contributed by atoms with Crippen LogP contribution in [0.5, 0.6) is 0 Å². The molecule has 5 nitrogen and oxygen atoms in total. The summed E-state index contributed by atoms with van der Waals surface area (Å²) in [4.78, 5) is 16.0. The van der Waals surface area contributed by atoms with Gasteiger partial charge in [-0.25, -0.2) is 10.4 Å². The van der Waals surface area contributed by atoms with Crippen molar-refractivity contribution in [2.24, 2.45) is 5.10 Å². The largest absolute Gasteiger partial charge is 0.396 e. The fourth-order valence-corrected chi connectivity index (χ4v) is 2.50. The number of hydrogen-bond donors (Lipinski definition) is 2. The number of hydrogen-bond acceptors (Lipinski definition) is 4. The summed E-state index contributed by atoms with van der Waals surface area (Å²) in [6.07, 6.45) is 1.53. The van der Waals surface area contributed by atoms with Crippen LogP contribution in [-0.4, -0.2) is 16.6 Å². The third-order valence-electron chi connectivity index (χ3n) is 3.25. The molecular formula is C16H15Cl3N4O. The normalized spacial score (nSPS) is 11.4. The number of carbonyl (C=O) groups excluding carboxylic acids is 1. The van der Waals surface area contributed by atoms with Gasteiger partial charge in [-0.2, -0.15) is 5.10 Å². The van der Waals surface area contributed by atoms with Gasteiger partial charge in [0.25, 0.3) is 5.91 Å². The molecule has 2 aromatic rings. The zero-order valence-corrected chi connectivity index (χ0v) is 15.1. The van der Waals surface area contributed by atoms with Crippen LogP contribution in [0.2, 0.25) is 15.2 Å². The summed E-state index contributed by atoms with van der Waals surface area (Å²) in [6.45, 7) is 1.82. The molecule has 1 aromatic heterocycles. The van der Waals surface area contributed by atoms with E-state index in [0.717, 1.165) is 12.1 Å². The summed E-state index contributed by atoms with van der Waals surface area (Å²) < 4.78 is 0. The Kier molecular flexibility index (Phi) is 6.43. The van der Waals surface area contributed by atoms with Crippen molar-refractivity contribution in [3.05, 3.63) is 56.8 Å². The highest BCUT2D eigenvalue weighted by Crippen LogP contribution is 2.34. The van der Waals surface area contributed by atoms with Gasteiger partial charge >= 0.3 is 0 Å². The average molecular weight is 386 g/mol. The number of nitrogens with zero attached hydrogens (tertiary/aromatic N) is 2. The Morgan fingerprint density at radius 2 is 1.88 bits per heavy atom. The first-order valence-electron chi connectivity index (χ1n) is 7.07. The number of aromatic nitrogens is 1. The van der Waals surface area contributed by atoms with Crippen molar-refractivity contribution >= 4 is 52.1 Å². The molecule has 0 spiro atoms. The van der Waals surface area contributed by atoms with E-state index in [0.29, 0.717) is 6.42 Å². The van der Waals surface area contributed by atoms with Gasteiger partial charge in [-0.05, 0) is 25.3 Å². The Bertz CT molecular complexity index is 779. The van der Waals surface area contributed by atoms with Crippen LogP contribution in [0.15, 0.2) is 35.4 Å².